The monoisotopic (exact) mass is 328 g/mol. The van der Waals surface area contributed by atoms with Crippen molar-refractivity contribution in [3.63, 3.8) is 0 Å². The fourth-order valence-corrected chi connectivity index (χ4v) is 2.87. The van der Waals surface area contributed by atoms with Gasteiger partial charge < -0.3 is 14.9 Å². The van der Waals surface area contributed by atoms with Gasteiger partial charge in [-0.25, -0.2) is 4.39 Å². The summed E-state index contributed by atoms with van der Waals surface area (Å²) in [5, 5.41) is 9.15. The van der Waals surface area contributed by atoms with Crippen LogP contribution < -0.4 is 0 Å². The molecule has 2 rings (SSSR count). The number of likely N-dealkylation sites (N-methyl/N-ethyl adjacent to an activating group) is 1. The van der Waals surface area contributed by atoms with Crippen molar-refractivity contribution in [1.82, 2.24) is 9.80 Å². The van der Waals surface area contributed by atoms with Crippen molar-refractivity contribution in [1.29, 1.82) is 0 Å². The molecule has 0 saturated carbocycles. The highest BCUT2D eigenvalue weighted by atomic mass is 35.5. The van der Waals surface area contributed by atoms with Crippen LogP contribution in [0.2, 0.25) is 5.02 Å². The van der Waals surface area contributed by atoms with E-state index in [1.165, 1.54) is 18.2 Å². The molecule has 1 heterocycles. The molecule has 1 N–H and O–H groups in total. The highest BCUT2D eigenvalue weighted by Crippen LogP contribution is 2.31. The summed E-state index contributed by atoms with van der Waals surface area (Å²) in [6.07, 6.45) is -0.480. The Morgan fingerprint density at radius 3 is 2.50 bits per heavy atom. The minimum atomic E-state index is -1.16. The van der Waals surface area contributed by atoms with Crippen molar-refractivity contribution >= 4 is 23.5 Å². The van der Waals surface area contributed by atoms with E-state index in [0.717, 1.165) is 0 Å². The molecule has 22 heavy (non-hydrogen) atoms. The van der Waals surface area contributed by atoms with E-state index >= 15 is 0 Å². The molecule has 120 valence electrons. The minimum absolute atomic E-state index is 0.0319. The third-order valence-electron chi connectivity index (χ3n) is 3.84. The van der Waals surface area contributed by atoms with Crippen LogP contribution in [0.5, 0.6) is 0 Å². The number of amides is 1. The number of rotatable bonds is 4. The first-order chi connectivity index (χ1) is 10.4. The maximum absolute atomic E-state index is 14.1. The van der Waals surface area contributed by atoms with E-state index in [9.17, 15) is 14.0 Å². The fourth-order valence-electron chi connectivity index (χ4n) is 2.58. The molecule has 1 aromatic rings. The van der Waals surface area contributed by atoms with Crippen molar-refractivity contribution < 1.29 is 19.1 Å². The molecule has 0 aliphatic carbocycles. The normalized spacial score (nSPS) is 17.3. The van der Waals surface area contributed by atoms with Crippen molar-refractivity contribution in [2.75, 3.05) is 33.2 Å². The molecule has 1 saturated heterocycles. The molecule has 1 amide bonds. The lowest BCUT2D eigenvalue weighted by atomic mass is 9.93. The molecule has 0 radical (unpaired) electrons. The standard InChI is InChI=1S/C15H18ClFN2O3/c1-18-5-7-19(8-6-18)15(22)10(9-13(20)21)14-11(16)3-2-4-12(14)17/h2-4,10H,5-9H2,1H3,(H,20,21). The molecular formula is C15H18ClFN2O3. The van der Waals surface area contributed by atoms with Gasteiger partial charge in [-0.1, -0.05) is 17.7 Å². The predicted molar refractivity (Wildman–Crippen MR) is 80.5 cm³/mol. The molecule has 1 aliphatic rings. The number of carbonyl (C=O) groups excluding carboxylic acids is 1. The second-order valence-corrected chi connectivity index (χ2v) is 5.82. The summed E-state index contributed by atoms with van der Waals surface area (Å²) in [6.45, 7) is 2.40. The number of hydrogen-bond acceptors (Lipinski definition) is 3. The van der Waals surface area contributed by atoms with Crippen LogP contribution in [0, 0.1) is 5.82 Å². The van der Waals surface area contributed by atoms with Gasteiger partial charge in [0.2, 0.25) is 5.91 Å². The average Bonchev–Trinajstić information content (AvgIpc) is 2.45. The van der Waals surface area contributed by atoms with Crippen molar-refractivity contribution in [3.05, 3.63) is 34.6 Å². The molecule has 1 unspecified atom stereocenters. The van der Waals surface area contributed by atoms with Gasteiger partial charge in [-0.3, -0.25) is 9.59 Å². The summed E-state index contributed by atoms with van der Waals surface area (Å²) in [5.41, 5.74) is -0.0319. The Labute approximate surface area is 133 Å². The van der Waals surface area contributed by atoms with E-state index in [0.29, 0.717) is 26.2 Å². The van der Waals surface area contributed by atoms with Gasteiger partial charge >= 0.3 is 5.97 Å². The Kier molecular flexibility index (Phi) is 5.37. The molecule has 0 bridgehead atoms. The number of carbonyl (C=O) groups is 2. The Morgan fingerprint density at radius 2 is 1.95 bits per heavy atom. The number of nitrogens with zero attached hydrogens (tertiary/aromatic N) is 2. The van der Waals surface area contributed by atoms with Crippen LogP contribution in [0.3, 0.4) is 0 Å². The molecule has 1 fully saturated rings. The first kappa shape index (κ1) is 16.7. The third kappa shape index (κ3) is 3.75. The number of benzene rings is 1. The molecular weight excluding hydrogens is 311 g/mol. The van der Waals surface area contributed by atoms with Crippen LogP contribution in [0.4, 0.5) is 4.39 Å². The summed E-state index contributed by atoms with van der Waals surface area (Å²) >= 11 is 6.00. The first-order valence-electron chi connectivity index (χ1n) is 7.03. The quantitative estimate of drug-likeness (QED) is 0.915. The maximum atomic E-state index is 14.1. The topological polar surface area (TPSA) is 60.9 Å². The van der Waals surface area contributed by atoms with Crippen LogP contribution in [0.15, 0.2) is 18.2 Å². The number of piperazine rings is 1. The van der Waals surface area contributed by atoms with Gasteiger partial charge in [-0.05, 0) is 19.2 Å². The molecule has 7 heteroatoms. The van der Waals surface area contributed by atoms with E-state index in [2.05, 4.69) is 4.90 Å². The predicted octanol–water partition coefficient (Wildman–Crippen LogP) is 1.81. The van der Waals surface area contributed by atoms with Crippen LogP contribution in [0.25, 0.3) is 0 Å². The lowest BCUT2D eigenvalue weighted by Crippen LogP contribution is -2.48. The summed E-state index contributed by atoms with van der Waals surface area (Å²) in [4.78, 5) is 27.4. The van der Waals surface area contributed by atoms with Crippen molar-refractivity contribution in [2.24, 2.45) is 0 Å². The van der Waals surface area contributed by atoms with E-state index in [-0.39, 0.29) is 16.5 Å². The van der Waals surface area contributed by atoms with Crippen LogP contribution in [0.1, 0.15) is 17.9 Å². The van der Waals surface area contributed by atoms with Gasteiger partial charge in [0.25, 0.3) is 0 Å². The molecule has 5 nitrogen and oxygen atoms in total. The van der Waals surface area contributed by atoms with E-state index < -0.39 is 24.1 Å². The number of hydrogen-bond donors (Lipinski definition) is 1. The van der Waals surface area contributed by atoms with Gasteiger partial charge in [0, 0.05) is 36.8 Å². The highest BCUT2D eigenvalue weighted by Gasteiger charge is 2.32. The van der Waals surface area contributed by atoms with Crippen molar-refractivity contribution in [3.8, 4) is 0 Å². The van der Waals surface area contributed by atoms with Gasteiger partial charge in [0.05, 0.1) is 12.3 Å². The fraction of sp³-hybridized carbons (Fsp3) is 0.467. The summed E-state index contributed by atoms with van der Waals surface area (Å²) < 4.78 is 14.1. The Morgan fingerprint density at radius 1 is 1.32 bits per heavy atom. The zero-order chi connectivity index (χ0) is 16.3. The van der Waals surface area contributed by atoms with Crippen LogP contribution >= 0.6 is 11.6 Å². The zero-order valence-electron chi connectivity index (χ0n) is 12.3. The Bertz CT molecular complexity index is 554. The SMILES string of the molecule is CN1CCN(C(=O)C(CC(=O)O)c2c(F)cccc2Cl)CC1. The van der Waals surface area contributed by atoms with Crippen LogP contribution in [-0.2, 0) is 9.59 Å². The van der Waals surface area contributed by atoms with E-state index in [1.54, 1.807) is 4.90 Å². The smallest absolute Gasteiger partial charge is 0.304 e. The Hall–Kier alpha value is -1.66. The van der Waals surface area contributed by atoms with Gasteiger partial charge in [0.15, 0.2) is 0 Å². The first-order valence-corrected chi connectivity index (χ1v) is 7.41. The molecule has 1 aliphatic heterocycles. The minimum Gasteiger partial charge on any atom is -0.481 e. The number of halogens is 2. The molecule has 1 atom stereocenters. The average molecular weight is 329 g/mol. The largest absolute Gasteiger partial charge is 0.481 e. The van der Waals surface area contributed by atoms with Gasteiger partial charge in [-0.2, -0.15) is 0 Å². The van der Waals surface area contributed by atoms with Gasteiger partial charge in [0.1, 0.15) is 5.82 Å². The van der Waals surface area contributed by atoms with Gasteiger partial charge in [-0.15, -0.1) is 0 Å². The summed E-state index contributed by atoms with van der Waals surface area (Å²) in [7, 11) is 1.95. The van der Waals surface area contributed by atoms with Crippen molar-refractivity contribution in [2.45, 2.75) is 12.3 Å². The summed E-state index contributed by atoms with van der Waals surface area (Å²) in [5.74, 6) is -3.30. The number of aliphatic carboxylic acids is 1. The Balaban J connectivity index is 2.30. The highest BCUT2D eigenvalue weighted by molar-refractivity contribution is 6.31. The maximum Gasteiger partial charge on any atom is 0.304 e. The molecule has 0 spiro atoms. The zero-order valence-corrected chi connectivity index (χ0v) is 13.0. The van der Waals surface area contributed by atoms with E-state index in [1.807, 2.05) is 7.05 Å². The lowest BCUT2D eigenvalue weighted by molar-refractivity contribution is -0.142. The molecule has 0 aromatic heterocycles. The number of carboxylic acid groups (broad SMARTS) is 1. The second kappa shape index (κ2) is 7.07. The number of carboxylic acids is 1. The lowest BCUT2D eigenvalue weighted by Gasteiger charge is -2.34. The van der Waals surface area contributed by atoms with Crippen LogP contribution in [-0.4, -0.2) is 60.0 Å². The van der Waals surface area contributed by atoms with E-state index in [4.69, 9.17) is 16.7 Å². The second-order valence-electron chi connectivity index (χ2n) is 5.41. The molecule has 1 aromatic carbocycles. The third-order valence-corrected chi connectivity index (χ3v) is 4.17. The summed E-state index contributed by atoms with van der Waals surface area (Å²) in [6, 6.07) is 4.08.